The van der Waals surface area contributed by atoms with Gasteiger partial charge in [0.05, 0.1) is 29.3 Å². The van der Waals surface area contributed by atoms with E-state index in [4.69, 9.17) is 5.10 Å². The van der Waals surface area contributed by atoms with Crippen molar-refractivity contribution in [1.29, 1.82) is 0 Å². The lowest BCUT2D eigenvalue weighted by Crippen LogP contribution is -2.37. The number of hydrogen-bond acceptors (Lipinski definition) is 6. The predicted octanol–water partition coefficient (Wildman–Crippen LogP) is 3.14. The van der Waals surface area contributed by atoms with Gasteiger partial charge in [0.25, 0.3) is 0 Å². The molecule has 4 aromatic rings. The number of rotatable bonds is 4. The minimum absolute atomic E-state index is 0.170. The second-order valence-electron chi connectivity index (χ2n) is 8.65. The van der Waals surface area contributed by atoms with Gasteiger partial charge in [0.1, 0.15) is 6.04 Å². The molecule has 0 radical (unpaired) electrons. The van der Waals surface area contributed by atoms with Gasteiger partial charge in [-0.05, 0) is 43.4 Å². The van der Waals surface area contributed by atoms with Gasteiger partial charge in [0.15, 0.2) is 0 Å². The van der Waals surface area contributed by atoms with Crippen LogP contribution in [0.3, 0.4) is 0 Å². The highest BCUT2D eigenvalue weighted by Crippen LogP contribution is 2.38. The molecule has 5 heterocycles. The zero-order valence-corrected chi connectivity index (χ0v) is 17.4. The summed E-state index contributed by atoms with van der Waals surface area (Å²) in [6, 6.07) is 6.06. The smallest absolute Gasteiger partial charge is 0.226 e. The van der Waals surface area contributed by atoms with Crippen LogP contribution in [0, 0.1) is 12.8 Å². The first-order valence-electron chi connectivity index (χ1n) is 10.9. The monoisotopic (exact) mass is 415 g/mol. The Morgan fingerprint density at radius 3 is 2.77 bits per heavy atom. The number of aryl methyl sites for hydroxylation is 1. The third-order valence-corrected chi connectivity index (χ3v) is 6.79. The number of nitrogens with zero attached hydrogens (tertiary/aromatic N) is 6. The summed E-state index contributed by atoms with van der Waals surface area (Å²) in [5.74, 6) is 0.974. The van der Waals surface area contributed by atoms with Gasteiger partial charge in [0, 0.05) is 42.8 Å². The molecule has 0 bridgehead atoms. The third kappa shape index (κ3) is 3.01. The first-order valence-corrected chi connectivity index (χ1v) is 10.9. The molecule has 8 heteroatoms. The fraction of sp³-hybridized carbons (Fsp3) is 0.391. The Kier molecular flexibility index (Phi) is 4.27. The molecule has 2 aliphatic rings. The van der Waals surface area contributed by atoms with E-state index in [9.17, 15) is 5.11 Å². The van der Waals surface area contributed by atoms with E-state index in [0.717, 1.165) is 54.0 Å². The highest BCUT2D eigenvalue weighted by atomic mass is 16.3. The van der Waals surface area contributed by atoms with Crippen LogP contribution in [0.5, 0.6) is 0 Å². The van der Waals surface area contributed by atoms with Gasteiger partial charge in [-0.3, -0.25) is 0 Å². The van der Waals surface area contributed by atoms with Crippen molar-refractivity contribution in [2.75, 3.05) is 11.4 Å². The minimum atomic E-state index is -0.473. The lowest BCUT2D eigenvalue weighted by Gasteiger charge is -2.34. The number of anilines is 1. The van der Waals surface area contributed by atoms with Gasteiger partial charge >= 0.3 is 0 Å². The van der Waals surface area contributed by atoms with Gasteiger partial charge < -0.3 is 15.0 Å². The summed E-state index contributed by atoms with van der Waals surface area (Å²) in [6.45, 7) is 2.85. The fourth-order valence-corrected chi connectivity index (χ4v) is 4.76. The van der Waals surface area contributed by atoms with E-state index in [0.29, 0.717) is 11.9 Å². The number of fused-ring (bicyclic) bond motifs is 2. The number of nitrogens with one attached hydrogen (secondary N) is 1. The maximum absolute atomic E-state index is 10.6. The minimum Gasteiger partial charge on any atom is -0.388 e. The molecule has 1 unspecified atom stereocenters. The van der Waals surface area contributed by atoms with Gasteiger partial charge in [-0.25, -0.2) is 19.5 Å². The molecule has 1 aliphatic heterocycles. The number of H-pyrrole nitrogens is 1. The largest absolute Gasteiger partial charge is 0.388 e. The van der Waals surface area contributed by atoms with Crippen LogP contribution in [0.15, 0.2) is 43.1 Å². The van der Waals surface area contributed by atoms with Crippen molar-refractivity contribution in [2.24, 2.45) is 5.92 Å². The van der Waals surface area contributed by atoms with E-state index in [2.05, 4.69) is 43.9 Å². The Bertz CT molecular complexity index is 1220. The van der Waals surface area contributed by atoms with Crippen LogP contribution in [0.1, 0.15) is 59.6 Å². The summed E-state index contributed by atoms with van der Waals surface area (Å²) in [5, 5.41) is 15.4. The first kappa shape index (κ1) is 18.5. The molecule has 158 valence electrons. The normalized spacial score (nSPS) is 19.9. The summed E-state index contributed by atoms with van der Waals surface area (Å²) in [7, 11) is 0. The fourth-order valence-electron chi connectivity index (χ4n) is 4.76. The quantitative estimate of drug-likeness (QED) is 0.532. The van der Waals surface area contributed by atoms with E-state index in [1.54, 1.807) is 18.7 Å². The van der Waals surface area contributed by atoms with Crippen LogP contribution in [0.4, 0.5) is 5.95 Å². The summed E-state index contributed by atoms with van der Waals surface area (Å²) in [4.78, 5) is 19.4. The number of imidazole rings is 1. The molecule has 6 rings (SSSR count). The molecular weight excluding hydrogens is 390 g/mol. The molecular formula is C23H25N7O. The molecule has 0 saturated heterocycles. The van der Waals surface area contributed by atoms with Crippen molar-refractivity contribution in [3.05, 3.63) is 71.3 Å². The molecule has 0 aromatic carbocycles. The average molecular weight is 416 g/mol. The average Bonchev–Trinajstić information content (AvgIpc) is 3.39. The van der Waals surface area contributed by atoms with Crippen molar-refractivity contribution in [3.63, 3.8) is 0 Å². The zero-order valence-electron chi connectivity index (χ0n) is 17.4. The van der Waals surface area contributed by atoms with Crippen LogP contribution in [-0.4, -0.2) is 41.2 Å². The number of aromatic nitrogens is 6. The summed E-state index contributed by atoms with van der Waals surface area (Å²) in [6.07, 6.45) is 11.0. The zero-order chi connectivity index (χ0) is 20.9. The molecule has 1 aliphatic carbocycles. The summed E-state index contributed by atoms with van der Waals surface area (Å²) >= 11 is 0. The molecule has 2 atom stereocenters. The van der Waals surface area contributed by atoms with Crippen molar-refractivity contribution in [3.8, 4) is 0 Å². The lowest BCUT2D eigenvalue weighted by molar-refractivity contribution is 0.0615. The molecule has 31 heavy (non-hydrogen) atoms. The topological polar surface area (TPSA) is 95.2 Å². The van der Waals surface area contributed by atoms with Crippen LogP contribution < -0.4 is 4.90 Å². The van der Waals surface area contributed by atoms with Gasteiger partial charge in [-0.2, -0.15) is 5.10 Å². The van der Waals surface area contributed by atoms with E-state index >= 15 is 0 Å². The molecule has 1 fully saturated rings. The Hall–Kier alpha value is -3.26. The highest BCUT2D eigenvalue weighted by molar-refractivity contribution is 5.57. The second kappa shape index (κ2) is 7.16. The molecule has 1 saturated carbocycles. The van der Waals surface area contributed by atoms with Crippen molar-refractivity contribution in [1.82, 2.24) is 29.5 Å². The number of aliphatic hydroxyl groups is 1. The Morgan fingerprint density at radius 1 is 1.19 bits per heavy atom. The summed E-state index contributed by atoms with van der Waals surface area (Å²) in [5.41, 5.74) is 6.08. The van der Waals surface area contributed by atoms with Gasteiger partial charge in [0.2, 0.25) is 5.95 Å². The Labute approximate surface area is 180 Å². The first-order chi connectivity index (χ1) is 15.2. The van der Waals surface area contributed by atoms with E-state index in [1.165, 1.54) is 12.0 Å². The Morgan fingerprint density at radius 2 is 2.03 bits per heavy atom. The third-order valence-electron chi connectivity index (χ3n) is 6.79. The number of aromatic amines is 1. The van der Waals surface area contributed by atoms with Crippen LogP contribution in [0.2, 0.25) is 0 Å². The van der Waals surface area contributed by atoms with Crippen LogP contribution >= 0.6 is 0 Å². The standard InChI is InChI=1S/C23H25N7O/c1-14-4-3-8-30-19(14)10-18(28-30)21-20-17(26-13-27-20)7-9-29(21)23-24-11-16(12-25-23)22(31)15-5-2-6-15/h3-4,8,10-13,15,21-22,31H,2,5-7,9H2,1H3,(H,26,27)/t21-,22?/m1/s1. The lowest BCUT2D eigenvalue weighted by atomic mass is 9.79. The molecule has 4 aromatic heterocycles. The maximum atomic E-state index is 10.6. The second-order valence-corrected chi connectivity index (χ2v) is 8.65. The number of aliphatic hydroxyl groups excluding tert-OH is 1. The summed E-state index contributed by atoms with van der Waals surface area (Å²) < 4.78 is 1.92. The van der Waals surface area contributed by atoms with Gasteiger partial charge in [-0.1, -0.05) is 12.5 Å². The SMILES string of the molecule is Cc1cccn2nc([C@@H]3c4nc[nH]c4CCN3c3ncc(C(O)C4CCC4)cn3)cc12. The van der Waals surface area contributed by atoms with E-state index in [-0.39, 0.29) is 6.04 Å². The van der Waals surface area contributed by atoms with Crippen molar-refractivity contribution < 1.29 is 5.11 Å². The van der Waals surface area contributed by atoms with Crippen LogP contribution in [-0.2, 0) is 6.42 Å². The van der Waals surface area contributed by atoms with E-state index < -0.39 is 6.10 Å². The Balaban J connectivity index is 1.39. The van der Waals surface area contributed by atoms with Crippen molar-refractivity contribution in [2.45, 2.75) is 44.8 Å². The number of hydrogen-bond donors (Lipinski definition) is 2. The van der Waals surface area contributed by atoms with Gasteiger partial charge in [-0.15, -0.1) is 0 Å². The highest BCUT2D eigenvalue weighted by Gasteiger charge is 2.35. The van der Waals surface area contributed by atoms with Crippen molar-refractivity contribution >= 4 is 11.5 Å². The molecule has 0 spiro atoms. The van der Waals surface area contributed by atoms with E-state index in [1.807, 2.05) is 16.8 Å². The maximum Gasteiger partial charge on any atom is 0.226 e. The number of pyridine rings is 1. The predicted molar refractivity (Wildman–Crippen MR) is 116 cm³/mol. The van der Waals surface area contributed by atoms with Crippen LogP contribution in [0.25, 0.3) is 5.52 Å². The molecule has 2 N–H and O–H groups in total. The molecule has 8 nitrogen and oxygen atoms in total. The molecule has 0 amide bonds.